The Morgan fingerprint density at radius 3 is 2.27 bits per heavy atom. The molecule has 0 atom stereocenters. The van der Waals surface area contributed by atoms with Crippen molar-refractivity contribution in [3.63, 3.8) is 0 Å². The summed E-state index contributed by atoms with van der Waals surface area (Å²) in [5.41, 5.74) is 0.325. The molecule has 120 valence electrons. The molecule has 0 radical (unpaired) electrons. The Morgan fingerprint density at radius 1 is 1.05 bits per heavy atom. The van der Waals surface area contributed by atoms with Crippen molar-refractivity contribution in [3.8, 4) is 0 Å². The summed E-state index contributed by atoms with van der Waals surface area (Å²) in [5.74, 6) is 1.15. The Labute approximate surface area is 130 Å². The zero-order valence-corrected chi connectivity index (χ0v) is 12.8. The van der Waals surface area contributed by atoms with E-state index in [4.69, 9.17) is 0 Å². The van der Waals surface area contributed by atoms with Crippen LogP contribution in [0.1, 0.15) is 44.9 Å². The molecule has 2 aliphatic rings. The lowest BCUT2D eigenvalue weighted by atomic mass is 9.76. The lowest BCUT2D eigenvalue weighted by Crippen LogP contribution is -2.37. The van der Waals surface area contributed by atoms with Crippen molar-refractivity contribution in [2.24, 2.45) is 11.8 Å². The maximum atomic E-state index is 14.1. The van der Waals surface area contributed by atoms with E-state index < -0.39 is 10.7 Å². The summed E-state index contributed by atoms with van der Waals surface area (Å²) < 4.78 is 14.1. The Bertz CT molecular complexity index is 535. The first-order valence-electron chi connectivity index (χ1n) is 8.34. The number of piperidine rings is 1. The maximum Gasteiger partial charge on any atom is 0.272 e. The van der Waals surface area contributed by atoms with Crippen LogP contribution in [0.2, 0.25) is 0 Å². The predicted octanol–water partition coefficient (Wildman–Crippen LogP) is 4.53. The average Bonchev–Trinajstić information content (AvgIpc) is 2.56. The van der Waals surface area contributed by atoms with Crippen molar-refractivity contribution in [3.05, 3.63) is 34.1 Å². The fraction of sp³-hybridized carbons (Fsp3) is 0.647. The monoisotopic (exact) mass is 306 g/mol. The molecule has 22 heavy (non-hydrogen) atoms. The van der Waals surface area contributed by atoms with E-state index in [0.29, 0.717) is 5.69 Å². The third-order valence-corrected chi connectivity index (χ3v) is 5.34. The number of hydrogen-bond donors (Lipinski definition) is 0. The number of halogens is 1. The van der Waals surface area contributed by atoms with Gasteiger partial charge in [0.05, 0.1) is 16.7 Å². The van der Waals surface area contributed by atoms with Crippen LogP contribution in [-0.2, 0) is 0 Å². The number of anilines is 1. The molecule has 1 aromatic rings. The minimum absolute atomic E-state index is 0.182. The third kappa shape index (κ3) is 3.23. The van der Waals surface area contributed by atoms with Crippen LogP contribution in [0, 0.1) is 27.8 Å². The maximum absolute atomic E-state index is 14.1. The minimum Gasteiger partial charge on any atom is -0.369 e. The van der Waals surface area contributed by atoms with E-state index in [9.17, 15) is 14.5 Å². The molecule has 0 unspecified atom stereocenters. The van der Waals surface area contributed by atoms with Crippen LogP contribution in [0.5, 0.6) is 0 Å². The summed E-state index contributed by atoms with van der Waals surface area (Å²) in [7, 11) is 0. The number of nitro groups is 1. The first-order valence-corrected chi connectivity index (χ1v) is 8.34. The highest BCUT2D eigenvalue weighted by Gasteiger charge is 2.28. The van der Waals surface area contributed by atoms with Crippen LogP contribution in [-0.4, -0.2) is 18.0 Å². The fourth-order valence-electron chi connectivity index (χ4n) is 4.08. The van der Waals surface area contributed by atoms with Gasteiger partial charge in [0.25, 0.3) is 5.69 Å². The van der Waals surface area contributed by atoms with Gasteiger partial charge in [0.2, 0.25) is 0 Å². The van der Waals surface area contributed by atoms with Crippen molar-refractivity contribution >= 4 is 11.4 Å². The second-order valence-electron chi connectivity index (χ2n) is 6.62. The van der Waals surface area contributed by atoms with Gasteiger partial charge in [0.15, 0.2) is 5.82 Å². The van der Waals surface area contributed by atoms with E-state index in [0.717, 1.165) is 43.8 Å². The summed E-state index contributed by atoms with van der Waals surface area (Å²) in [6.07, 6.45) is 9.04. The molecule has 5 heteroatoms. The van der Waals surface area contributed by atoms with Gasteiger partial charge >= 0.3 is 0 Å². The van der Waals surface area contributed by atoms with E-state index in [1.807, 2.05) is 4.90 Å². The van der Waals surface area contributed by atoms with Gasteiger partial charge in [-0.1, -0.05) is 32.1 Å². The van der Waals surface area contributed by atoms with Crippen molar-refractivity contribution in [1.82, 2.24) is 0 Å². The lowest BCUT2D eigenvalue weighted by molar-refractivity contribution is -0.385. The van der Waals surface area contributed by atoms with Gasteiger partial charge in [-0.25, -0.2) is 4.39 Å². The normalized spacial score (nSPS) is 21.0. The number of hydrogen-bond acceptors (Lipinski definition) is 3. The van der Waals surface area contributed by atoms with E-state index in [2.05, 4.69) is 0 Å². The largest absolute Gasteiger partial charge is 0.369 e. The predicted molar refractivity (Wildman–Crippen MR) is 84.6 cm³/mol. The highest BCUT2D eigenvalue weighted by atomic mass is 19.1. The van der Waals surface area contributed by atoms with Crippen LogP contribution in [0.15, 0.2) is 18.2 Å². The number of rotatable bonds is 3. The van der Waals surface area contributed by atoms with Gasteiger partial charge in [-0.05, 0) is 30.7 Å². The van der Waals surface area contributed by atoms with Crippen LogP contribution >= 0.6 is 0 Å². The second-order valence-corrected chi connectivity index (χ2v) is 6.62. The van der Waals surface area contributed by atoms with Gasteiger partial charge in [0.1, 0.15) is 0 Å². The van der Waals surface area contributed by atoms with E-state index >= 15 is 0 Å². The van der Waals surface area contributed by atoms with Crippen molar-refractivity contribution in [2.45, 2.75) is 44.9 Å². The van der Waals surface area contributed by atoms with Crippen LogP contribution in [0.4, 0.5) is 15.8 Å². The molecule has 0 aromatic heterocycles. The van der Waals surface area contributed by atoms with E-state index in [1.165, 1.54) is 38.2 Å². The van der Waals surface area contributed by atoms with E-state index in [1.54, 1.807) is 6.07 Å². The standard InChI is InChI=1S/C17H23FN2O2/c18-16-12-15(20(21)22)6-7-17(16)19-10-8-14(9-11-19)13-4-2-1-3-5-13/h6-7,12-14H,1-5,8-11H2. The smallest absolute Gasteiger partial charge is 0.272 e. The Kier molecular flexibility index (Phi) is 4.60. The van der Waals surface area contributed by atoms with Crippen molar-refractivity contribution in [2.75, 3.05) is 18.0 Å². The van der Waals surface area contributed by atoms with Crippen molar-refractivity contribution in [1.29, 1.82) is 0 Å². The summed E-state index contributed by atoms with van der Waals surface area (Å²) in [6, 6.07) is 3.97. The second kappa shape index (κ2) is 6.63. The zero-order valence-electron chi connectivity index (χ0n) is 12.8. The molecular weight excluding hydrogens is 283 g/mol. The van der Waals surface area contributed by atoms with E-state index in [-0.39, 0.29) is 5.69 Å². The molecule has 0 spiro atoms. The molecule has 1 saturated carbocycles. The van der Waals surface area contributed by atoms with Gasteiger partial charge in [-0.2, -0.15) is 0 Å². The summed E-state index contributed by atoms with van der Waals surface area (Å²) in [5, 5.41) is 10.7. The van der Waals surface area contributed by atoms with Crippen molar-refractivity contribution < 1.29 is 9.31 Å². The molecule has 2 fully saturated rings. The van der Waals surface area contributed by atoms with Gasteiger partial charge in [0, 0.05) is 19.2 Å². The Balaban J connectivity index is 1.62. The molecule has 1 aliphatic carbocycles. The lowest BCUT2D eigenvalue weighted by Gasteiger charge is -2.38. The number of benzene rings is 1. The first kappa shape index (κ1) is 15.3. The third-order valence-electron chi connectivity index (χ3n) is 5.34. The quantitative estimate of drug-likeness (QED) is 0.609. The van der Waals surface area contributed by atoms with Crippen LogP contribution < -0.4 is 4.90 Å². The Morgan fingerprint density at radius 2 is 1.68 bits per heavy atom. The first-order chi connectivity index (χ1) is 10.6. The molecule has 0 amide bonds. The fourth-order valence-corrected chi connectivity index (χ4v) is 4.08. The molecule has 1 aromatic carbocycles. The topological polar surface area (TPSA) is 46.4 Å². The van der Waals surface area contributed by atoms with Crippen LogP contribution in [0.3, 0.4) is 0 Å². The number of nitrogens with zero attached hydrogens (tertiary/aromatic N) is 2. The summed E-state index contributed by atoms with van der Waals surface area (Å²) in [4.78, 5) is 12.2. The summed E-state index contributed by atoms with van der Waals surface area (Å²) >= 11 is 0. The molecule has 1 heterocycles. The molecular formula is C17H23FN2O2. The zero-order chi connectivity index (χ0) is 15.5. The minimum atomic E-state index is -0.553. The highest BCUT2D eigenvalue weighted by molar-refractivity contribution is 5.52. The SMILES string of the molecule is O=[N+]([O-])c1ccc(N2CCC(C3CCCCC3)CC2)c(F)c1. The van der Waals surface area contributed by atoms with Crippen LogP contribution in [0.25, 0.3) is 0 Å². The molecule has 3 rings (SSSR count). The highest BCUT2D eigenvalue weighted by Crippen LogP contribution is 2.37. The molecule has 1 aliphatic heterocycles. The molecule has 1 saturated heterocycles. The Hall–Kier alpha value is -1.65. The van der Waals surface area contributed by atoms with Gasteiger partial charge < -0.3 is 4.90 Å². The molecule has 0 N–H and O–H groups in total. The number of nitro benzene ring substituents is 1. The summed E-state index contributed by atoms with van der Waals surface area (Å²) in [6.45, 7) is 1.71. The molecule has 0 bridgehead atoms. The average molecular weight is 306 g/mol. The number of non-ortho nitro benzene ring substituents is 1. The molecule has 4 nitrogen and oxygen atoms in total. The van der Waals surface area contributed by atoms with Gasteiger partial charge in [-0.3, -0.25) is 10.1 Å². The van der Waals surface area contributed by atoms with Gasteiger partial charge in [-0.15, -0.1) is 0 Å².